The Bertz CT molecular complexity index is 1430. The molecule has 1 aliphatic heterocycles. The summed E-state index contributed by atoms with van der Waals surface area (Å²) in [7, 11) is 1.47. The van der Waals surface area contributed by atoms with Crippen molar-refractivity contribution >= 4 is 34.3 Å². The molecule has 0 spiro atoms. The fraction of sp³-hybridized carbons (Fsp3) is 0.120. The van der Waals surface area contributed by atoms with Crippen LogP contribution in [0.15, 0.2) is 82.9 Å². The number of aromatic nitrogens is 2. The van der Waals surface area contributed by atoms with Crippen LogP contribution < -0.4 is 4.74 Å². The highest BCUT2D eigenvalue weighted by Gasteiger charge is 2.44. The van der Waals surface area contributed by atoms with Crippen LogP contribution in [0.25, 0.3) is 11.0 Å². The maximum absolute atomic E-state index is 13.6. The first-order valence-electron chi connectivity index (χ1n) is 10.3. The third kappa shape index (κ3) is 3.68. The molecular weight excluding hydrogens is 458 g/mol. The van der Waals surface area contributed by atoms with E-state index in [0.717, 1.165) is 0 Å². The maximum Gasteiger partial charge on any atom is 0.290 e. The van der Waals surface area contributed by atoms with Crippen LogP contribution in [0.1, 0.15) is 27.9 Å². The van der Waals surface area contributed by atoms with E-state index in [1.54, 1.807) is 61.1 Å². The van der Waals surface area contributed by atoms with E-state index in [1.807, 2.05) is 0 Å². The first-order chi connectivity index (χ1) is 16.5. The molecule has 1 atom stereocenters. The fourth-order valence-corrected chi connectivity index (χ4v) is 4.30. The number of ketones is 1. The number of carbonyl (C=O) groups excluding carboxylic acids is 2. The summed E-state index contributed by atoms with van der Waals surface area (Å²) in [4.78, 5) is 36.5. The van der Waals surface area contributed by atoms with Crippen LogP contribution in [0, 0.1) is 0 Å². The Morgan fingerprint density at radius 3 is 2.76 bits per heavy atom. The van der Waals surface area contributed by atoms with Crippen molar-refractivity contribution in [3.63, 3.8) is 0 Å². The van der Waals surface area contributed by atoms with Gasteiger partial charge in [0.05, 0.1) is 31.0 Å². The van der Waals surface area contributed by atoms with Crippen LogP contribution in [0.4, 0.5) is 0 Å². The van der Waals surface area contributed by atoms with Gasteiger partial charge in [-0.1, -0.05) is 23.7 Å². The number of rotatable bonds is 6. The van der Waals surface area contributed by atoms with Gasteiger partial charge in [0.2, 0.25) is 5.78 Å². The predicted molar refractivity (Wildman–Crippen MR) is 124 cm³/mol. The zero-order valence-electron chi connectivity index (χ0n) is 17.9. The Hall–Kier alpha value is -4.17. The summed E-state index contributed by atoms with van der Waals surface area (Å²) < 4.78 is 11.1. The number of halogens is 1. The van der Waals surface area contributed by atoms with Crippen LogP contribution in [0.3, 0.4) is 0 Å². The minimum absolute atomic E-state index is 0.0570. The minimum atomic E-state index is -0.880. The number of carbonyl (C=O) groups is 2. The first kappa shape index (κ1) is 21.7. The molecular formula is C25H18ClN3O5. The summed E-state index contributed by atoms with van der Waals surface area (Å²) in [5.41, 5.74) is 1.41. The van der Waals surface area contributed by atoms with E-state index in [0.29, 0.717) is 33.0 Å². The number of fused-ring (bicyclic) bond motifs is 1. The van der Waals surface area contributed by atoms with Gasteiger partial charge in [-0.15, -0.1) is 0 Å². The lowest BCUT2D eigenvalue weighted by atomic mass is 9.96. The summed E-state index contributed by atoms with van der Waals surface area (Å²) in [6.45, 7) is 0.0869. The normalized spacial score (nSPS) is 15.9. The van der Waals surface area contributed by atoms with Crippen molar-refractivity contribution in [1.82, 2.24) is 14.9 Å². The van der Waals surface area contributed by atoms with Crippen molar-refractivity contribution in [3.05, 3.63) is 100 Å². The largest absolute Gasteiger partial charge is 0.503 e. The molecule has 8 nitrogen and oxygen atoms in total. The van der Waals surface area contributed by atoms with Crippen LogP contribution >= 0.6 is 11.6 Å². The third-order valence-electron chi connectivity index (χ3n) is 5.60. The van der Waals surface area contributed by atoms with Gasteiger partial charge in [-0.05, 0) is 35.9 Å². The lowest BCUT2D eigenvalue weighted by Gasteiger charge is -2.26. The number of benzene rings is 1. The van der Waals surface area contributed by atoms with E-state index < -0.39 is 23.5 Å². The zero-order valence-corrected chi connectivity index (χ0v) is 18.7. The highest BCUT2D eigenvalue weighted by atomic mass is 35.5. The molecule has 4 heterocycles. The van der Waals surface area contributed by atoms with Crippen LogP contribution in [0.2, 0.25) is 5.02 Å². The number of ether oxygens (including phenoxy) is 1. The number of furan rings is 1. The van der Waals surface area contributed by atoms with Crippen molar-refractivity contribution in [2.24, 2.45) is 0 Å². The summed E-state index contributed by atoms with van der Waals surface area (Å²) in [6, 6.07) is 12.6. The maximum atomic E-state index is 13.6. The molecule has 0 bridgehead atoms. The molecule has 170 valence electrons. The smallest absolute Gasteiger partial charge is 0.290 e. The summed E-state index contributed by atoms with van der Waals surface area (Å²) in [5, 5.41) is 11.8. The molecule has 1 N–H and O–H groups in total. The van der Waals surface area contributed by atoms with Crippen LogP contribution in [-0.2, 0) is 11.3 Å². The second kappa shape index (κ2) is 8.64. The fourth-order valence-electron chi connectivity index (χ4n) is 4.08. The minimum Gasteiger partial charge on any atom is -0.503 e. The number of nitrogens with zero attached hydrogens (tertiary/aromatic N) is 3. The van der Waals surface area contributed by atoms with E-state index in [4.69, 9.17) is 20.8 Å². The number of aliphatic hydroxyl groups is 1. The number of aliphatic hydroxyl groups excluding tert-OH is 1. The quantitative estimate of drug-likeness (QED) is 0.404. The molecule has 9 heteroatoms. The topological polar surface area (TPSA) is 106 Å². The Morgan fingerprint density at radius 2 is 2.06 bits per heavy atom. The van der Waals surface area contributed by atoms with E-state index in [2.05, 4.69) is 9.97 Å². The lowest BCUT2D eigenvalue weighted by molar-refractivity contribution is -0.130. The summed E-state index contributed by atoms with van der Waals surface area (Å²) in [6.07, 6.45) is 4.75. The van der Waals surface area contributed by atoms with E-state index >= 15 is 0 Å². The van der Waals surface area contributed by atoms with Crippen molar-refractivity contribution in [2.75, 3.05) is 7.11 Å². The van der Waals surface area contributed by atoms with Crippen molar-refractivity contribution in [1.29, 1.82) is 0 Å². The highest BCUT2D eigenvalue weighted by molar-refractivity contribution is 6.31. The molecule has 4 aromatic rings. The van der Waals surface area contributed by atoms with Gasteiger partial charge in [-0.2, -0.15) is 0 Å². The monoisotopic (exact) mass is 475 g/mol. The van der Waals surface area contributed by atoms with Gasteiger partial charge in [0.15, 0.2) is 22.9 Å². The number of hydrogen-bond acceptors (Lipinski definition) is 7. The van der Waals surface area contributed by atoms with Crippen LogP contribution in [-0.4, -0.2) is 38.8 Å². The van der Waals surface area contributed by atoms with Crippen molar-refractivity contribution in [2.45, 2.75) is 12.6 Å². The number of hydrogen-bond donors (Lipinski definition) is 1. The Kier molecular flexibility index (Phi) is 5.51. The second-order valence-corrected chi connectivity index (χ2v) is 8.11. The number of pyridine rings is 2. The molecule has 0 fully saturated rings. The number of methoxy groups -OCH3 is 1. The third-order valence-corrected chi connectivity index (χ3v) is 5.82. The molecule has 1 aliphatic rings. The SMILES string of the molecule is COc1cc(Cl)cc2cc(C(=O)C3=C(O)C(=O)N(Cc4ccccn4)C3c3cccnc3)oc12. The molecule has 1 unspecified atom stereocenters. The molecule has 1 aromatic carbocycles. The van der Waals surface area contributed by atoms with Crippen molar-refractivity contribution in [3.8, 4) is 5.75 Å². The standard InChI is InChI=1S/C25H18ClN3O5/c1-33-19-11-16(26)9-15-10-18(34-24(15)19)22(30)20-21(14-5-4-7-27-12-14)29(25(32)23(20)31)13-17-6-2-3-8-28-17/h2-12,21,31H,13H2,1H3. The zero-order chi connectivity index (χ0) is 23.8. The predicted octanol–water partition coefficient (Wildman–Crippen LogP) is 4.66. The van der Waals surface area contributed by atoms with Gasteiger partial charge < -0.3 is 19.2 Å². The Balaban J connectivity index is 1.60. The molecule has 5 rings (SSSR count). The average molecular weight is 476 g/mol. The van der Waals surface area contributed by atoms with Crippen molar-refractivity contribution < 1.29 is 23.8 Å². The molecule has 34 heavy (non-hydrogen) atoms. The summed E-state index contributed by atoms with van der Waals surface area (Å²) >= 11 is 6.14. The second-order valence-electron chi connectivity index (χ2n) is 7.67. The summed E-state index contributed by atoms with van der Waals surface area (Å²) in [5.74, 6) is -1.64. The van der Waals surface area contributed by atoms with E-state index in [1.165, 1.54) is 18.1 Å². The molecule has 0 saturated heterocycles. The van der Waals surface area contributed by atoms with E-state index in [-0.39, 0.29) is 17.9 Å². The van der Waals surface area contributed by atoms with Gasteiger partial charge in [0.1, 0.15) is 0 Å². The molecule has 0 saturated carbocycles. The first-order valence-corrected chi connectivity index (χ1v) is 10.7. The average Bonchev–Trinajstić information content (AvgIpc) is 3.39. The van der Waals surface area contributed by atoms with Gasteiger partial charge in [-0.25, -0.2) is 0 Å². The van der Waals surface area contributed by atoms with E-state index in [9.17, 15) is 14.7 Å². The molecule has 3 aromatic heterocycles. The number of Topliss-reactive ketones (excluding diaryl/α,β-unsaturated/α-hetero) is 1. The molecule has 1 amide bonds. The van der Waals surface area contributed by atoms with Gasteiger partial charge in [0, 0.05) is 35.1 Å². The van der Waals surface area contributed by atoms with Gasteiger partial charge in [-0.3, -0.25) is 19.6 Å². The van der Waals surface area contributed by atoms with Gasteiger partial charge >= 0.3 is 0 Å². The molecule has 0 radical (unpaired) electrons. The number of amides is 1. The lowest BCUT2D eigenvalue weighted by Crippen LogP contribution is -2.31. The molecule has 0 aliphatic carbocycles. The Morgan fingerprint density at radius 1 is 1.21 bits per heavy atom. The highest BCUT2D eigenvalue weighted by Crippen LogP contribution is 2.41. The van der Waals surface area contributed by atoms with Crippen LogP contribution in [0.5, 0.6) is 5.75 Å². The van der Waals surface area contributed by atoms with Gasteiger partial charge in [0.25, 0.3) is 5.91 Å². The Labute approximate surface area is 199 Å².